The Morgan fingerprint density at radius 3 is 2.77 bits per heavy atom. The van der Waals surface area contributed by atoms with Crippen LogP contribution in [0.5, 0.6) is 0 Å². The van der Waals surface area contributed by atoms with Crippen LogP contribution in [0.2, 0.25) is 0 Å². The zero-order valence-corrected chi connectivity index (χ0v) is 15.4. The molecule has 2 amide bonds. The van der Waals surface area contributed by atoms with Crippen LogP contribution in [0.25, 0.3) is 0 Å². The van der Waals surface area contributed by atoms with Gasteiger partial charge in [-0.1, -0.05) is 12.1 Å². The second-order valence-electron chi connectivity index (χ2n) is 6.16. The Hall–Kier alpha value is -2.48. The van der Waals surface area contributed by atoms with Gasteiger partial charge in [-0.05, 0) is 25.5 Å². The van der Waals surface area contributed by atoms with Crippen LogP contribution in [-0.4, -0.2) is 54.4 Å². The van der Waals surface area contributed by atoms with Crippen molar-refractivity contribution in [3.05, 3.63) is 46.7 Å². The van der Waals surface area contributed by atoms with Gasteiger partial charge in [-0.25, -0.2) is 9.37 Å². The number of hydrogen-bond donors (Lipinski definition) is 1. The van der Waals surface area contributed by atoms with Gasteiger partial charge in [0.25, 0.3) is 5.91 Å². The normalized spacial score (nSPS) is 14.8. The number of anilines is 1. The standard InChI is InChI=1S/C18H21FN4O2S/c1-13-12-26-18(21-13)23-8-4-7-22(9-10-23)16(24)11-20-17(25)14-5-2-3-6-15(14)19/h2-3,5-6,12H,4,7-11H2,1H3,(H,20,25). The smallest absolute Gasteiger partial charge is 0.254 e. The third kappa shape index (κ3) is 4.37. The van der Waals surface area contributed by atoms with Crippen molar-refractivity contribution in [2.45, 2.75) is 13.3 Å². The molecule has 1 fully saturated rings. The van der Waals surface area contributed by atoms with E-state index < -0.39 is 11.7 Å². The Morgan fingerprint density at radius 2 is 2.04 bits per heavy atom. The van der Waals surface area contributed by atoms with Crippen LogP contribution in [0.4, 0.5) is 9.52 Å². The first-order valence-corrected chi connectivity index (χ1v) is 9.40. The number of nitrogens with one attached hydrogen (secondary N) is 1. The quantitative estimate of drug-likeness (QED) is 0.887. The summed E-state index contributed by atoms with van der Waals surface area (Å²) in [6.07, 6.45) is 0.839. The van der Waals surface area contributed by atoms with Gasteiger partial charge < -0.3 is 15.1 Å². The van der Waals surface area contributed by atoms with E-state index in [0.717, 1.165) is 23.8 Å². The molecule has 2 aromatic rings. The van der Waals surface area contributed by atoms with E-state index in [0.29, 0.717) is 19.6 Å². The maximum atomic E-state index is 13.6. The van der Waals surface area contributed by atoms with E-state index >= 15 is 0 Å². The summed E-state index contributed by atoms with van der Waals surface area (Å²) in [5.74, 6) is -1.33. The summed E-state index contributed by atoms with van der Waals surface area (Å²) in [4.78, 5) is 32.8. The highest BCUT2D eigenvalue weighted by molar-refractivity contribution is 7.13. The third-order valence-corrected chi connectivity index (χ3v) is 5.26. The van der Waals surface area contributed by atoms with Crippen molar-refractivity contribution in [3.63, 3.8) is 0 Å². The van der Waals surface area contributed by atoms with Crippen LogP contribution in [0.15, 0.2) is 29.6 Å². The summed E-state index contributed by atoms with van der Waals surface area (Å²) in [5, 5.41) is 5.50. The predicted octanol–water partition coefficient (Wildman–Crippen LogP) is 2.06. The molecule has 1 aliphatic heterocycles. The highest BCUT2D eigenvalue weighted by Gasteiger charge is 2.21. The van der Waals surface area contributed by atoms with E-state index in [1.54, 1.807) is 22.3 Å². The molecule has 3 rings (SSSR count). The molecule has 1 N–H and O–H groups in total. The Labute approximate surface area is 155 Å². The minimum absolute atomic E-state index is 0.0542. The highest BCUT2D eigenvalue weighted by atomic mass is 32.1. The maximum Gasteiger partial charge on any atom is 0.254 e. The van der Waals surface area contributed by atoms with E-state index in [-0.39, 0.29) is 18.0 Å². The van der Waals surface area contributed by atoms with Crippen LogP contribution in [0.3, 0.4) is 0 Å². The number of rotatable bonds is 4. The van der Waals surface area contributed by atoms with E-state index in [9.17, 15) is 14.0 Å². The number of carbonyl (C=O) groups is 2. The number of carbonyl (C=O) groups excluding carboxylic acids is 2. The van der Waals surface area contributed by atoms with Gasteiger partial charge in [-0.2, -0.15) is 0 Å². The van der Waals surface area contributed by atoms with Crippen LogP contribution in [0.1, 0.15) is 22.5 Å². The predicted molar refractivity (Wildman–Crippen MR) is 99.0 cm³/mol. The Morgan fingerprint density at radius 1 is 1.23 bits per heavy atom. The van der Waals surface area contributed by atoms with Gasteiger partial charge in [0.2, 0.25) is 5.91 Å². The van der Waals surface area contributed by atoms with Crippen molar-refractivity contribution in [1.82, 2.24) is 15.2 Å². The fraction of sp³-hybridized carbons (Fsp3) is 0.389. The second kappa shape index (κ2) is 8.27. The van der Waals surface area contributed by atoms with Crippen molar-refractivity contribution in [3.8, 4) is 0 Å². The minimum atomic E-state index is -0.596. The van der Waals surface area contributed by atoms with E-state index in [4.69, 9.17) is 0 Å². The van der Waals surface area contributed by atoms with E-state index in [1.807, 2.05) is 12.3 Å². The zero-order chi connectivity index (χ0) is 18.5. The average Bonchev–Trinajstić information content (AvgIpc) is 2.92. The fourth-order valence-corrected chi connectivity index (χ4v) is 3.71. The lowest BCUT2D eigenvalue weighted by Gasteiger charge is -2.22. The largest absolute Gasteiger partial charge is 0.346 e. The molecule has 0 unspecified atom stereocenters. The lowest BCUT2D eigenvalue weighted by atomic mass is 10.2. The molecule has 2 heterocycles. The van der Waals surface area contributed by atoms with Crippen molar-refractivity contribution in [1.29, 1.82) is 0 Å². The molecular formula is C18H21FN4O2S. The summed E-state index contributed by atoms with van der Waals surface area (Å²) in [6, 6.07) is 5.73. The Kier molecular flexibility index (Phi) is 5.82. The van der Waals surface area contributed by atoms with Crippen LogP contribution in [0, 0.1) is 12.7 Å². The monoisotopic (exact) mass is 376 g/mol. The van der Waals surface area contributed by atoms with Gasteiger partial charge >= 0.3 is 0 Å². The first-order chi connectivity index (χ1) is 12.5. The number of aryl methyl sites for hydroxylation is 1. The lowest BCUT2D eigenvalue weighted by molar-refractivity contribution is -0.129. The topological polar surface area (TPSA) is 65.5 Å². The number of amides is 2. The van der Waals surface area contributed by atoms with Crippen molar-refractivity contribution >= 4 is 28.3 Å². The van der Waals surface area contributed by atoms with Gasteiger partial charge in [-0.3, -0.25) is 9.59 Å². The molecule has 1 aromatic carbocycles. The molecule has 0 aliphatic carbocycles. The first kappa shape index (κ1) is 18.3. The Balaban J connectivity index is 1.52. The van der Waals surface area contributed by atoms with Gasteiger partial charge in [0.1, 0.15) is 5.82 Å². The summed E-state index contributed by atoms with van der Waals surface area (Å²) >= 11 is 1.61. The van der Waals surface area contributed by atoms with Gasteiger partial charge in [-0.15, -0.1) is 11.3 Å². The number of halogens is 1. The van der Waals surface area contributed by atoms with Crippen molar-refractivity contribution in [2.24, 2.45) is 0 Å². The number of nitrogens with zero attached hydrogens (tertiary/aromatic N) is 3. The second-order valence-corrected chi connectivity index (χ2v) is 6.99. The highest BCUT2D eigenvalue weighted by Crippen LogP contribution is 2.21. The minimum Gasteiger partial charge on any atom is -0.346 e. The molecule has 26 heavy (non-hydrogen) atoms. The van der Waals surface area contributed by atoms with E-state index in [1.165, 1.54) is 18.2 Å². The first-order valence-electron chi connectivity index (χ1n) is 8.52. The van der Waals surface area contributed by atoms with Crippen molar-refractivity contribution < 1.29 is 14.0 Å². The van der Waals surface area contributed by atoms with E-state index in [2.05, 4.69) is 15.2 Å². The summed E-state index contributed by atoms with van der Waals surface area (Å²) in [6.45, 7) is 4.59. The molecule has 8 heteroatoms. The molecule has 0 radical (unpaired) electrons. The van der Waals surface area contributed by atoms with Crippen LogP contribution >= 0.6 is 11.3 Å². The summed E-state index contributed by atoms with van der Waals surface area (Å²) < 4.78 is 13.6. The molecule has 0 saturated carbocycles. The number of hydrogen-bond acceptors (Lipinski definition) is 5. The molecule has 0 spiro atoms. The SMILES string of the molecule is Cc1csc(N2CCCN(C(=O)CNC(=O)c3ccccc3F)CC2)n1. The summed E-state index contributed by atoms with van der Waals surface area (Å²) in [5.41, 5.74) is 0.944. The molecular weight excluding hydrogens is 355 g/mol. The maximum absolute atomic E-state index is 13.6. The molecule has 0 bridgehead atoms. The van der Waals surface area contributed by atoms with Gasteiger partial charge in [0, 0.05) is 31.6 Å². The number of aromatic nitrogens is 1. The van der Waals surface area contributed by atoms with Crippen LogP contribution in [-0.2, 0) is 4.79 Å². The molecule has 0 atom stereocenters. The molecule has 1 aliphatic rings. The van der Waals surface area contributed by atoms with Crippen molar-refractivity contribution in [2.75, 3.05) is 37.6 Å². The number of thiazole rings is 1. The van der Waals surface area contributed by atoms with Gasteiger partial charge in [0.15, 0.2) is 5.13 Å². The third-order valence-electron chi connectivity index (χ3n) is 4.24. The molecule has 1 saturated heterocycles. The number of benzene rings is 1. The fourth-order valence-electron chi connectivity index (χ4n) is 2.85. The van der Waals surface area contributed by atoms with Gasteiger partial charge in [0.05, 0.1) is 17.8 Å². The molecule has 6 nitrogen and oxygen atoms in total. The summed E-state index contributed by atoms with van der Waals surface area (Å²) in [7, 11) is 0. The molecule has 1 aromatic heterocycles. The lowest BCUT2D eigenvalue weighted by Crippen LogP contribution is -2.42. The average molecular weight is 376 g/mol. The Bertz CT molecular complexity index is 795. The zero-order valence-electron chi connectivity index (χ0n) is 14.6. The molecule has 138 valence electrons. The van der Waals surface area contributed by atoms with Crippen LogP contribution < -0.4 is 10.2 Å².